The minimum atomic E-state index is -0.348. The predicted octanol–water partition coefficient (Wildman–Crippen LogP) is 1.21. The maximum atomic E-state index is 10.7. The van der Waals surface area contributed by atoms with Crippen molar-refractivity contribution in [1.82, 2.24) is 5.32 Å². The molecular weight excluding hydrogens is 188 g/mol. The number of carbonyl (C=O) groups excluding carboxylic acids is 1. The average molecular weight is 204 g/mol. The summed E-state index contributed by atoms with van der Waals surface area (Å²) in [6, 6.07) is 9.78. The van der Waals surface area contributed by atoms with Crippen molar-refractivity contribution in [3.63, 3.8) is 0 Å². The van der Waals surface area contributed by atoms with Crippen LogP contribution in [0.1, 0.15) is 12.5 Å². The minimum Gasteiger partial charge on any atom is -0.380 e. The smallest absolute Gasteiger partial charge is 0.239 e. The molecule has 0 aliphatic heterocycles. The molecule has 80 valence electrons. The van der Waals surface area contributed by atoms with E-state index in [1.54, 1.807) is 13.1 Å². The molecule has 0 bridgehead atoms. The van der Waals surface area contributed by atoms with E-state index in [-0.39, 0.29) is 11.9 Å². The molecule has 3 nitrogen and oxygen atoms in total. The first kappa shape index (κ1) is 11.3. The molecule has 0 saturated heterocycles. The molecule has 0 saturated carbocycles. The quantitative estimate of drug-likeness (QED) is 0.757. The van der Waals surface area contributed by atoms with E-state index in [1.807, 2.05) is 24.3 Å². The molecule has 1 aromatic rings. The Bertz CT molecular complexity index is 333. The van der Waals surface area contributed by atoms with Gasteiger partial charge in [0.2, 0.25) is 5.91 Å². The van der Waals surface area contributed by atoms with Crippen LogP contribution in [0.5, 0.6) is 0 Å². The van der Waals surface area contributed by atoms with Crippen LogP contribution in [0.4, 0.5) is 0 Å². The van der Waals surface area contributed by atoms with Crippen LogP contribution < -0.4 is 11.1 Å². The number of hydrogen-bond acceptors (Lipinski definition) is 2. The second-order valence-corrected chi connectivity index (χ2v) is 3.38. The lowest BCUT2D eigenvalue weighted by atomic mass is 10.1. The number of allylic oxidation sites excluding steroid dienone is 1. The molecule has 0 unspecified atom stereocenters. The number of carbonyl (C=O) groups is 1. The van der Waals surface area contributed by atoms with Crippen molar-refractivity contribution in [2.45, 2.75) is 19.4 Å². The van der Waals surface area contributed by atoms with Gasteiger partial charge in [-0.05, 0) is 25.1 Å². The first-order valence-corrected chi connectivity index (χ1v) is 4.94. The van der Waals surface area contributed by atoms with Crippen LogP contribution >= 0.6 is 0 Å². The first-order chi connectivity index (χ1) is 7.20. The van der Waals surface area contributed by atoms with E-state index in [1.165, 1.54) is 5.56 Å². The summed E-state index contributed by atoms with van der Waals surface area (Å²) in [6.07, 6.45) is 4.58. The zero-order chi connectivity index (χ0) is 11.1. The molecule has 1 amide bonds. The minimum absolute atomic E-state index is 0.322. The molecule has 0 fully saturated rings. The van der Waals surface area contributed by atoms with E-state index < -0.39 is 0 Å². The van der Waals surface area contributed by atoms with Crippen molar-refractivity contribution in [3.8, 4) is 0 Å². The van der Waals surface area contributed by atoms with Crippen molar-refractivity contribution in [3.05, 3.63) is 48.2 Å². The van der Waals surface area contributed by atoms with Gasteiger partial charge >= 0.3 is 0 Å². The molecule has 0 spiro atoms. The molecule has 1 aromatic carbocycles. The first-order valence-electron chi connectivity index (χ1n) is 4.94. The standard InChI is InChI=1S/C12H16N2O/c1-10(12(13)15)14-9-5-8-11-6-3-2-4-7-11/h2-7,9-10,14H,8H2,1H3,(H2,13,15)/t10-/m1/s1. The molecule has 1 rings (SSSR count). The summed E-state index contributed by atoms with van der Waals surface area (Å²) in [7, 11) is 0. The normalized spacial score (nSPS) is 12.6. The van der Waals surface area contributed by atoms with Gasteiger partial charge < -0.3 is 11.1 Å². The van der Waals surface area contributed by atoms with Crippen LogP contribution in [0.15, 0.2) is 42.6 Å². The zero-order valence-corrected chi connectivity index (χ0v) is 8.81. The van der Waals surface area contributed by atoms with Crippen LogP contribution in [0.2, 0.25) is 0 Å². The maximum Gasteiger partial charge on any atom is 0.239 e. The zero-order valence-electron chi connectivity index (χ0n) is 8.81. The van der Waals surface area contributed by atoms with E-state index in [9.17, 15) is 4.79 Å². The molecule has 0 aliphatic rings. The van der Waals surface area contributed by atoms with Crippen molar-refractivity contribution in [2.24, 2.45) is 5.73 Å². The molecule has 0 heterocycles. The van der Waals surface area contributed by atoms with Gasteiger partial charge in [-0.2, -0.15) is 0 Å². The SMILES string of the molecule is C[C@@H](NC=CCc1ccccc1)C(N)=O. The topological polar surface area (TPSA) is 55.1 Å². The Morgan fingerprint density at radius 3 is 2.73 bits per heavy atom. The average Bonchev–Trinajstić information content (AvgIpc) is 2.25. The summed E-state index contributed by atoms with van der Waals surface area (Å²) in [5, 5.41) is 2.90. The number of amides is 1. The van der Waals surface area contributed by atoms with E-state index >= 15 is 0 Å². The number of primary amides is 1. The Kier molecular flexibility index (Phi) is 4.41. The monoisotopic (exact) mass is 204 g/mol. The molecule has 1 atom stereocenters. The molecular formula is C12H16N2O. The summed E-state index contributed by atoms with van der Waals surface area (Å²) in [6.45, 7) is 1.73. The molecule has 0 radical (unpaired) electrons. The van der Waals surface area contributed by atoms with Gasteiger partial charge in [0.25, 0.3) is 0 Å². The van der Waals surface area contributed by atoms with Gasteiger partial charge in [-0.15, -0.1) is 0 Å². The molecule has 3 N–H and O–H groups in total. The highest BCUT2D eigenvalue weighted by Crippen LogP contribution is 1.99. The number of hydrogen-bond donors (Lipinski definition) is 2. The number of nitrogens with two attached hydrogens (primary N) is 1. The van der Waals surface area contributed by atoms with Crippen molar-refractivity contribution in [2.75, 3.05) is 0 Å². The second-order valence-electron chi connectivity index (χ2n) is 3.38. The predicted molar refractivity (Wildman–Crippen MR) is 61.1 cm³/mol. The lowest BCUT2D eigenvalue weighted by Gasteiger charge is -2.05. The third-order valence-corrected chi connectivity index (χ3v) is 2.09. The van der Waals surface area contributed by atoms with Gasteiger partial charge in [0, 0.05) is 0 Å². The summed E-state index contributed by atoms with van der Waals surface area (Å²) >= 11 is 0. The van der Waals surface area contributed by atoms with E-state index in [0.29, 0.717) is 0 Å². The van der Waals surface area contributed by atoms with Crippen LogP contribution in [0, 0.1) is 0 Å². The van der Waals surface area contributed by atoms with Crippen molar-refractivity contribution < 1.29 is 4.79 Å². The molecule has 15 heavy (non-hydrogen) atoms. The molecule has 0 aromatic heterocycles. The van der Waals surface area contributed by atoms with Crippen molar-refractivity contribution in [1.29, 1.82) is 0 Å². The van der Waals surface area contributed by atoms with Gasteiger partial charge in [-0.3, -0.25) is 4.79 Å². The highest BCUT2D eigenvalue weighted by Gasteiger charge is 2.03. The van der Waals surface area contributed by atoms with Gasteiger partial charge in [0.15, 0.2) is 0 Å². The Labute approximate surface area is 90.0 Å². The summed E-state index contributed by atoms with van der Waals surface area (Å²) in [5.74, 6) is -0.348. The summed E-state index contributed by atoms with van der Waals surface area (Å²) in [5.41, 5.74) is 6.33. The number of rotatable bonds is 5. The Balaban J connectivity index is 2.32. The lowest BCUT2D eigenvalue weighted by molar-refractivity contribution is -0.119. The van der Waals surface area contributed by atoms with E-state index in [4.69, 9.17) is 5.73 Å². The van der Waals surface area contributed by atoms with E-state index in [0.717, 1.165) is 6.42 Å². The summed E-state index contributed by atoms with van der Waals surface area (Å²) in [4.78, 5) is 10.7. The number of nitrogens with one attached hydrogen (secondary N) is 1. The number of benzene rings is 1. The van der Waals surface area contributed by atoms with Gasteiger partial charge in [0.05, 0.1) is 0 Å². The van der Waals surface area contributed by atoms with Gasteiger partial charge in [0.1, 0.15) is 6.04 Å². The fourth-order valence-corrected chi connectivity index (χ4v) is 1.10. The highest BCUT2D eigenvalue weighted by atomic mass is 16.1. The highest BCUT2D eigenvalue weighted by molar-refractivity contribution is 5.79. The third kappa shape index (κ3) is 4.31. The van der Waals surface area contributed by atoms with E-state index in [2.05, 4.69) is 17.4 Å². The Hall–Kier alpha value is -1.77. The Morgan fingerprint density at radius 2 is 2.13 bits per heavy atom. The van der Waals surface area contributed by atoms with Crippen LogP contribution in [0.25, 0.3) is 0 Å². The molecule has 0 aliphatic carbocycles. The lowest BCUT2D eigenvalue weighted by Crippen LogP contribution is -2.35. The fraction of sp³-hybridized carbons (Fsp3) is 0.250. The van der Waals surface area contributed by atoms with Crippen LogP contribution in [-0.4, -0.2) is 11.9 Å². The molecule has 3 heteroatoms. The Morgan fingerprint density at radius 1 is 1.47 bits per heavy atom. The van der Waals surface area contributed by atoms with Crippen molar-refractivity contribution >= 4 is 5.91 Å². The maximum absolute atomic E-state index is 10.7. The van der Waals surface area contributed by atoms with Gasteiger partial charge in [-0.1, -0.05) is 36.4 Å². The summed E-state index contributed by atoms with van der Waals surface area (Å²) < 4.78 is 0. The van der Waals surface area contributed by atoms with Crippen LogP contribution in [-0.2, 0) is 11.2 Å². The fourth-order valence-electron chi connectivity index (χ4n) is 1.10. The van der Waals surface area contributed by atoms with Gasteiger partial charge in [-0.25, -0.2) is 0 Å². The largest absolute Gasteiger partial charge is 0.380 e. The second kappa shape index (κ2) is 5.86. The van der Waals surface area contributed by atoms with Crippen LogP contribution in [0.3, 0.4) is 0 Å². The third-order valence-electron chi connectivity index (χ3n) is 2.09.